The Morgan fingerprint density at radius 1 is 2.00 bits per heavy atom. The highest BCUT2D eigenvalue weighted by Gasteiger charge is 1.87. The molecular formula is C3H6FO. The maximum Gasteiger partial charge on any atom is 0.123 e. The number of rotatable bonds is 1. The SMILES string of the molecule is [CH2][C@@H](F)CO. The van der Waals surface area contributed by atoms with Crippen molar-refractivity contribution in [3.8, 4) is 0 Å². The van der Waals surface area contributed by atoms with Gasteiger partial charge in [0.05, 0.1) is 6.61 Å². The van der Waals surface area contributed by atoms with E-state index in [1.54, 1.807) is 0 Å². The van der Waals surface area contributed by atoms with E-state index >= 15 is 0 Å². The molecule has 31 valence electrons. The normalized spacial score (nSPS) is 15.0. The molecule has 0 aliphatic heterocycles. The van der Waals surface area contributed by atoms with Gasteiger partial charge in [-0.15, -0.1) is 0 Å². The lowest BCUT2D eigenvalue weighted by molar-refractivity contribution is 0.208. The Labute approximate surface area is 30.4 Å². The van der Waals surface area contributed by atoms with Crippen molar-refractivity contribution in [3.05, 3.63) is 6.92 Å². The van der Waals surface area contributed by atoms with Crippen molar-refractivity contribution in [2.75, 3.05) is 6.61 Å². The Balaban J connectivity index is 2.54. The first-order valence-corrected chi connectivity index (χ1v) is 1.35. The molecule has 0 spiro atoms. The van der Waals surface area contributed by atoms with Crippen LogP contribution in [0, 0.1) is 6.92 Å². The minimum atomic E-state index is -1.31. The molecule has 0 rings (SSSR count). The van der Waals surface area contributed by atoms with E-state index in [4.69, 9.17) is 5.11 Å². The third kappa shape index (κ3) is 3.89. The van der Waals surface area contributed by atoms with Crippen molar-refractivity contribution >= 4 is 0 Å². The van der Waals surface area contributed by atoms with Crippen LogP contribution in [0.3, 0.4) is 0 Å². The molecule has 0 unspecified atom stereocenters. The van der Waals surface area contributed by atoms with E-state index in [0.717, 1.165) is 0 Å². The van der Waals surface area contributed by atoms with Crippen LogP contribution in [-0.2, 0) is 0 Å². The van der Waals surface area contributed by atoms with E-state index in [2.05, 4.69) is 6.92 Å². The highest BCUT2D eigenvalue weighted by molar-refractivity contribution is 4.50. The Hall–Kier alpha value is -0.110. The maximum atomic E-state index is 11.1. The first-order chi connectivity index (χ1) is 2.27. The van der Waals surface area contributed by atoms with Crippen LogP contribution in [0.5, 0.6) is 0 Å². The molecule has 5 heavy (non-hydrogen) atoms. The van der Waals surface area contributed by atoms with Gasteiger partial charge >= 0.3 is 0 Å². The average molecular weight is 77.1 g/mol. The van der Waals surface area contributed by atoms with E-state index < -0.39 is 12.8 Å². The minimum absolute atomic E-state index is 0.472. The Morgan fingerprint density at radius 2 is 2.20 bits per heavy atom. The fraction of sp³-hybridized carbons (Fsp3) is 0.667. The molecule has 0 aliphatic rings. The van der Waals surface area contributed by atoms with Crippen LogP contribution in [-0.4, -0.2) is 17.9 Å². The van der Waals surface area contributed by atoms with Gasteiger partial charge in [-0.3, -0.25) is 0 Å². The minimum Gasteiger partial charge on any atom is -0.393 e. The molecule has 1 nitrogen and oxygen atoms in total. The molecule has 0 aromatic rings. The molecule has 0 bridgehead atoms. The summed E-state index contributed by atoms with van der Waals surface area (Å²) in [4.78, 5) is 0. The second-order valence-electron chi connectivity index (χ2n) is 0.780. The van der Waals surface area contributed by atoms with E-state index in [9.17, 15) is 4.39 Å². The second kappa shape index (κ2) is 2.15. The number of halogens is 1. The Bertz CT molecular complexity index is 20.9. The summed E-state index contributed by atoms with van der Waals surface area (Å²) in [7, 11) is 0. The molecule has 0 fully saturated rings. The molecule has 0 amide bonds. The van der Waals surface area contributed by atoms with E-state index in [1.165, 1.54) is 0 Å². The third-order valence-corrected chi connectivity index (χ3v) is 0.198. The van der Waals surface area contributed by atoms with Crippen molar-refractivity contribution in [1.82, 2.24) is 0 Å². The number of alkyl halides is 1. The number of aliphatic hydroxyl groups excluding tert-OH is 1. The van der Waals surface area contributed by atoms with Crippen LogP contribution >= 0.6 is 0 Å². The smallest absolute Gasteiger partial charge is 0.123 e. The van der Waals surface area contributed by atoms with Gasteiger partial charge in [-0.05, 0) is 6.92 Å². The van der Waals surface area contributed by atoms with Crippen molar-refractivity contribution in [2.45, 2.75) is 6.17 Å². The summed E-state index contributed by atoms with van der Waals surface area (Å²) >= 11 is 0. The van der Waals surface area contributed by atoms with Gasteiger partial charge < -0.3 is 5.11 Å². The van der Waals surface area contributed by atoms with Gasteiger partial charge in [0.25, 0.3) is 0 Å². The average Bonchev–Trinajstić information content (AvgIpc) is 1.38. The Kier molecular flexibility index (Phi) is 2.10. The fourth-order valence-corrected chi connectivity index (χ4v) is 0. The third-order valence-electron chi connectivity index (χ3n) is 0.198. The molecule has 1 radical (unpaired) electrons. The zero-order valence-corrected chi connectivity index (χ0v) is 2.82. The van der Waals surface area contributed by atoms with Crippen LogP contribution in [0.25, 0.3) is 0 Å². The van der Waals surface area contributed by atoms with Gasteiger partial charge in [0.15, 0.2) is 0 Å². The van der Waals surface area contributed by atoms with Crippen molar-refractivity contribution in [1.29, 1.82) is 0 Å². The Morgan fingerprint density at radius 3 is 2.20 bits per heavy atom. The van der Waals surface area contributed by atoms with Gasteiger partial charge in [-0.1, -0.05) is 0 Å². The molecule has 0 heterocycles. The van der Waals surface area contributed by atoms with Crippen LogP contribution < -0.4 is 0 Å². The topological polar surface area (TPSA) is 20.2 Å². The van der Waals surface area contributed by atoms with Gasteiger partial charge in [0, 0.05) is 0 Å². The van der Waals surface area contributed by atoms with Gasteiger partial charge in [-0.2, -0.15) is 0 Å². The monoisotopic (exact) mass is 77.0 g/mol. The summed E-state index contributed by atoms with van der Waals surface area (Å²) in [6.45, 7) is 2.37. The summed E-state index contributed by atoms with van der Waals surface area (Å²) in [6.07, 6.45) is -1.31. The van der Waals surface area contributed by atoms with Crippen molar-refractivity contribution in [3.63, 3.8) is 0 Å². The molecular weight excluding hydrogens is 71.0 g/mol. The lowest BCUT2D eigenvalue weighted by atomic mass is 10.5. The predicted octanol–water partition coefficient (Wildman–Crippen LogP) is 0.151. The summed E-state index contributed by atoms with van der Waals surface area (Å²) in [5.41, 5.74) is 0. The van der Waals surface area contributed by atoms with E-state index in [1.807, 2.05) is 0 Å². The number of hydrogen-bond acceptors (Lipinski definition) is 1. The molecule has 1 atom stereocenters. The quantitative estimate of drug-likeness (QED) is 0.472. The van der Waals surface area contributed by atoms with Crippen molar-refractivity contribution in [2.24, 2.45) is 0 Å². The number of hydrogen-bond donors (Lipinski definition) is 1. The van der Waals surface area contributed by atoms with Crippen LogP contribution in [0.15, 0.2) is 0 Å². The predicted molar refractivity (Wildman–Crippen MR) is 17.3 cm³/mol. The lowest BCUT2D eigenvalue weighted by Gasteiger charge is -1.85. The van der Waals surface area contributed by atoms with Crippen LogP contribution in [0.4, 0.5) is 4.39 Å². The van der Waals surface area contributed by atoms with Crippen LogP contribution in [0.1, 0.15) is 0 Å². The molecule has 0 aromatic carbocycles. The highest BCUT2D eigenvalue weighted by Crippen LogP contribution is 1.78. The molecule has 0 aliphatic carbocycles. The second-order valence-corrected chi connectivity index (χ2v) is 0.780. The van der Waals surface area contributed by atoms with Crippen molar-refractivity contribution < 1.29 is 9.50 Å². The lowest BCUT2D eigenvalue weighted by Crippen LogP contribution is -1.97. The fourth-order valence-electron chi connectivity index (χ4n) is 0. The van der Waals surface area contributed by atoms with Gasteiger partial charge in [0.2, 0.25) is 0 Å². The summed E-state index contributed by atoms with van der Waals surface area (Å²) in [5, 5.41) is 7.71. The van der Waals surface area contributed by atoms with Crippen LogP contribution in [0.2, 0.25) is 0 Å². The summed E-state index contributed by atoms with van der Waals surface area (Å²) < 4.78 is 11.1. The van der Waals surface area contributed by atoms with E-state index in [-0.39, 0.29) is 0 Å². The summed E-state index contributed by atoms with van der Waals surface area (Å²) in [5.74, 6) is 0. The molecule has 0 aromatic heterocycles. The molecule has 1 N–H and O–H groups in total. The first kappa shape index (κ1) is 4.89. The highest BCUT2D eigenvalue weighted by atomic mass is 19.1. The molecule has 0 saturated heterocycles. The van der Waals surface area contributed by atoms with Gasteiger partial charge in [-0.25, -0.2) is 4.39 Å². The summed E-state index contributed by atoms with van der Waals surface area (Å²) in [6, 6.07) is 0. The molecule has 0 saturated carbocycles. The zero-order valence-electron chi connectivity index (χ0n) is 2.82. The zero-order chi connectivity index (χ0) is 4.28. The first-order valence-electron chi connectivity index (χ1n) is 1.35. The standard InChI is InChI=1S/C3H6FO/c1-3(4)2-5/h3,5H,1-2H2/t3-/m1/s1. The largest absolute Gasteiger partial charge is 0.393 e. The maximum absolute atomic E-state index is 11.1. The van der Waals surface area contributed by atoms with E-state index in [0.29, 0.717) is 0 Å². The number of aliphatic hydroxyl groups is 1. The van der Waals surface area contributed by atoms with Gasteiger partial charge in [0.1, 0.15) is 6.17 Å². The molecule has 2 heteroatoms.